The molecule has 2 aromatic rings. The smallest absolute Gasteiger partial charge is 0.339 e. The van der Waals surface area contributed by atoms with E-state index in [1.807, 2.05) is 0 Å². The lowest BCUT2D eigenvalue weighted by molar-refractivity contribution is -0.113. The molecule has 1 amide bonds. The number of nitrogens with zero attached hydrogens (tertiary/aromatic N) is 1. The lowest BCUT2D eigenvalue weighted by atomic mass is 10.1. The molecule has 0 atom stereocenters. The summed E-state index contributed by atoms with van der Waals surface area (Å²) in [7, 11) is 1.42. The predicted molar refractivity (Wildman–Crippen MR) is 105 cm³/mol. The number of ether oxygens (including phenoxy) is 1. The van der Waals surface area contributed by atoms with Crippen molar-refractivity contribution in [1.82, 2.24) is 0 Å². The van der Waals surface area contributed by atoms with Crippen LogP contribution in [0, 0.1) is 0 Å². The molecule has 3 N–H and O–H groups in total. The number of hydrogen-bond acceptors (Lipinski definition) is 7. The van der Waals surface area contributed by atoms with Crippen LogP contribution >= 0.6 is 24.0 Å². The zero-order valence-corrected chi connectivity index (χ0v) is 15.5. The first kappa shape index (κ1) is 18.7. The molecule has 1 aliphatic heterocycles. The SMILES string of the molecule is COc1cc(/C=C2/SC(=S)N(c3ccc(C(=O)O)c(O)c3)C2=O)ccc1O. The third kappa shape index (κ3) is 3.60. The van der Waals surface area contributed by atoms with Crippen LogP contribution in [0.2, 0.25) is 0 Å². The number of phenolic OH excluding ortho intramolecular Hbond substituents is 1. The summed E-state index contributed by atoms with van der Waals surface area (Å²) in [5.74, 6) is -1.88. The lowest BCUT2D eigenvalue weighted by Gasteiger charge is -2.15. The van der Waals surface area contributed by atoms with Crippen molar-refractivity contribution in [2.75, 3.05) is 12.0 Å². The molecule has 3 rings (SSSR count). The fraction of sp³-hybridized carbons (Fsp3) is 0.0556. The van der Waals surface area contributed by atoms with E-state index >= 15 is 0 Å². The Bertz CT molecular complexity index is 1000. The summed E-state index contributed by atoms with van der Waals surface area (Å²) in [5.41, 5.74) is 0.636. The molecule has 0 radical (unpaired) electrons. The summed E-state index contributed by atoms with van der Waals surface area (Å²) in [6, 6.07) is 8.45. The second kappa shape index (κ2) is 7.29. The van der Waals surface area contributed by atoms with E-state index in [0.29, 0.717) is 10.5 Å². The molecule has 9 heteroatoms. The van der Waals surface area contributed by atoms with Crippen LogP contribution in [0.25, 0.3) is 6.08 Å². The van der Waals surface area contributed by atoms with Gasteiger partial charge in [-0.2, -0.15) is 0 Å². The Hall–Kier alpha value is -3.04. The predicted octanol–water partition coefficient (Wildman–Crippen LogP) is 3.21. The molecule has 0 aromatic heterocycles. The highest BCUT2D eigenvalue weighted by Crippen LogP contribution is 2.38. The van der Waals surface area contributed by atoms with E-state index in [2.05, 4.69) is 0 Å². The fourth-order valence-corrected chi connectivity index (χ4v) is 3.76. The maximum Gasteiger partial charge on any atom is 0.339 e. The van der Waals surface area contributed by atoms with Crippen molar-refractivity contribution in [2.45, 2.75) is 0 Å². The van der Waals surface area contributed by atoms with Gasteiger partial charge < -0.3 is 20.1 Å². The zero-order chi connectivity index (χ0) is 19.7. The third-order valence-corrected chi connectivity index (χ3v) is 5.07. The van der Waals surface area contributed by atoms with Gasteiger partial charge in [0, 0.05) is 6.07 Å². The van der Waals surface area contributed by atoms with Crippen molar-refractivity contribution < 1.29 is 29.6 Å². The highest BCUT2D eigenvalue weighted by molar-refractivity contribution is 8.27. The van der Waals surface area contributed by atoms with Crippen molar-refractivity contribution in [3.05, 3.63) is 52.4 Å². The topological polar surface area (TPSA) is 107 Å². The van der Waals surface area contributed by atoms with Crippen LogP contribution in [0.15, 0.2) is 41.3 Å². The maximum atomic E-state index is 12.7. The van der Waals surface area contributed by atoms with Crippen molar-refractivity contribution >= 4 is 51.9 Å². The number of carbonyl (C=O) groups excluding carboxylic acids is 1. The van der Waals surface area contributed by atoms with Gasteiger partial charge in [-0.15, -0.1) is 0 Å². The van der Waals surface area contributed by atoms with Crippen molar-refractivity contribution in [1.29, 1.82) is 0 Å². The van der Waals surface area contributed by atoms with Crippen LogP contribution in [0.3, 0.4) is 0 Å². The van der Waals surface area contributed by atoms with E-state index in [1.54, 1.807) is 18.2 Å². The molecule has 27 heavy (non-hydrogen) atoms. The number of thiocarbonyl (C=S) groups is 1. The number of carboxylic acid groups (broad SMARTS) is 1. The molecule has 0 saturated carbocycles. The van der Waals surface area contributed by atoms with Crippen LogP contribution < -0.4 is 9.64 Å². The van der Waals surface area contributed by atoms with Crippen molar-refractivity contribution in [2.24, 2.45) is 0 Å². The fourth-order valence-electron chi connectivity index (χ4n) is 2.47. The van der Waals surface area contributed by atoms with Gasteiger partial charge in [0.2, 0.25) is 0 Å². The molecule has 138 valence electrons. The van der Waals surface area contributed by atoms with Gasteiger partial charge in [0.15, 0.2) is 15.8 Å². The number of anilines is 1. The summed E-state index contributed by atoms with van der Waals surface area (Å²) >= 11 is 6.33. The number of hydrogen-bond donors (Lipinski definition) is 3. The van der Waals surface area contributed by atoms with Gasteiger partial charge in [-0.1, -0.05) is 30.0 Å². The maximum absolute atomic E-state index is 12.7. The summed E-state index contributed by atoms with van der Waals surface area (Å²) < 4.78 is 5.30. The normalized spacial score (nSPS) is 15.4. The number of methoxy groups -OCH3 is 1. The zero-order valence-electron chi connectivity index (χ0n) is 13.9. The molecule has 0 bridgehead atoms. The highest BCUT2D eigenvalue weighted by Gasteiger charge is 2.33. The molecular weight excluding hydrogens is 390 g/mol. The van der Waals surface area contributed by atoms with E-state index in [0.717, 1.165) is 11.8 Å². The standard InChI is InChI=1S/C18H13NO6S2/c1-25-14-6-9(2-5-12(14)20)7-15-16(22)19(18(26)27-15)10-3-4-11(17(23)24)13(21)8-10/h2-8,20-21H,1H3,(H,23,24)/b15-7+. The first-order valence-electron chi connectivity index (χ1n) is 7.53. The first-order chi connectivity index (χ1) is 12.8. The first-order valence-corrected chi connectivity index (χ1v) is 8.75. The molecule has 1 aliphatic rings. The monoisotopic (exact) mass is 403 g/mol. The summed E-state index contributed by atoms with van der Waals surface area (Å²) in [4.78, 5) is 25.3. The van der Waals surface area contributed by atoms with Gasteiger partial charge in [-0.3, -0.25) is 9.69 Å². The van der Waals surface area contributed by atoms with E-state index in [4.69, 9.17) is 22.1 Å². The summed E-state index contributed by atoms with van der Waals surface area (Å²) in [6.07, 6.45) is 1.60. The number of rotatable bonds is 4. The van der Waals surface area contributed by atoms with Crippen LogP contribution in [0.1, 0.15) is 15.9 Å². The van der Waals surface area contributed by atoms with E-state index in [9.17, 15) is 19.8 Å². The number of carboxylic acids is 1. The Balaban J connectivity index is 1.93. The Kier molecular flexibility index (Phi) is 5.06. The number of thioether (sulfide) groups is 1. The molecular formula is C18H13NO6S2. The van der Waals surface area contributed by atoms with Gasteiger partial charge >= 0.3 is 5.97 Å². The van der Waals surface area contributed by atoms with Gasteiger partial charge in [-0.05, 0) is 35.9 Å². The molecule has 2 aromatic carbocycles. The van der Waals surface area contributed by atoms with Gasteiger partial charge in [0.25, 0.3) is 5.91 Å². The minimum absolute atomic E-state index is 0.0174. The Morgan fingerprint density at radius 3 is 2.56 bits per heavy atom. The Morgan fingerprint density at radius 1 is 1.19 bits per heavy atom. The number of aromatic hydroxyl groups is 2. The quantitative estimate of drug-likeness (QED) is 0.528. The number of aromatic carboxylic acids is 1. The van der Waals surface area contributed by atoms with Gasteiger partial charge in [-0.25, -0.2) is 4.79 Å². The molecule has 1 saturated heterocycles. The van der Waals surface area contributed by atoms with Crippen LogP contribution in [0.5, 0.6) is 17.2 Å². The highest BCUT2D eigenvalue weighted by atomic mass is 32.2. The van der Waals surface area contributed by atoms with Crippen molar-refractivity contribution in [3.8, 4) is 17.2 Å². The van der Waals surface area contributed by atoms with Crippen molar-refractivity contribution in [3.63, 3.8) is 0 Å². The molecule has 0 spiro atoms. The molecule has 0 aliphatic carbocycles. The molecule has 1 heterocycles. The van der Waals surface area contributed by atoms with Gasteiger partial charge in [0.1, 0.15) is 11.3 Å². The van der Waals surface area contributed by atoms with E-state index < -0.39 is 17.6 Å². The molecule has 0 unspecified atom stereocenters. The third-order valence-electron chi connectivity index (χ3n) is 3.77. The average molecular weight is 403 g/mol. The average Bonchev–Trinajstić information content (AvgIpc) is 2.89. The van der Waals surface area contributed by atoms with E-state index in [1.165, 1.54) is 36.3 Å². The minimum atomic E-state index is -1.27. The minimum Gasteiger partial charge on any atom is -0.507 e. The number of benzene rings is 2. The van der Waals surface area contributed by atoms with Crippen LogP contribution in [0.4, 0.5) is 5.69 Å². The number of amides is 1. The number of carbonyl (C=O) groups is 2. The second-order valence-corrected chi connectivity index (χ2v) is 7.13. The lowest BCUT2D eigenvalue weighted by Crippen LogP contribution is -2.27. The summed E-state index contributed by atoms with van der Waals surface area (Å²) in [5, 5.41) is 28.5. The summed E-state index contributed by atoms with van der Waals surface area (Å²) in [6.45, 7) is 0. The van der Waals surface area contributed by atoms with Crippen LogP contribution in [-0.2, 0) is 4.79 Å². The molecule has 7 nitrogen and oxygen atoms in total. The number of phenols is 2. The second-order valence-electron chi connectivity index (χ2n) is 5.46. The molecule has 1 fully saturated rings. The van der Waals surface area contributed by atoms with Crippen LogP contribution in [-0.4, -0.2) is 38.6 Å². The van der Waals surface area contributed by atoms with E-state index in [-0.39, 0.29) is 27.1 Å². The Labute approximate surface area is 163 Å². The Morgan fingerprint density at radius 2 is 1.93 bits per heavy atom. The van der Waals surface area contributed by atoms with Gasteiger partial charge in [0.05, 0.1) is 17.7 Å². The largest absolute Gasteiger partial charge is 0.507 e.